The Balaban J connectivity index is 1.54. The highest BCUT2D eigenvalue weighted by Crippen LogP contribution is 2.35. The van der Waals surface area contributed by atoms with Gasteiger partial charge in [0, 0.05) is 23.1 Å². The number of carbonyl (C=O) groups is 3. The number of rotatable bonds is 5. The van der Waals surface area contributed by atoms with Crippen molar-refractivity contribution in [3.05, 3.63) is 23.2 Å². The van der Waals surface area contributed by atoms with Crippen LogP contribution in [0.2, 0.25) is 5.02 Å². The molecule has 0 saturated carbocycles. The lowest BCUT2D eigenvalue weighted by Crippen LogP contribution is -2.52. The Labute approximate surface area is 160 Å². The Morgan fingerprint density at radius 1 is 1.26 bits per heavy atom. The van der Waals surface area contributed by atoms with E-state index in [4.69, 9.17) is 22.1 Å². The summed E-state index contributed by atoms with van der Waals surface area (Å²) in [5, 5.41) is 15.0. The summed E-state index contributed by atoms with van der Waals surface area (Å²) in [6.07, 6.45) is 1.96. The van der Waals surface area contributed by atoms with Gasteiger partial charge in [0.15, 0.2) is 6.61 Å². The highest BCUT2D eigenvalue weighted by molar-refractivity contribution is 6.31. The third-order valence-corrected chi connectivity index (χ3v) is 5.11. The number of benzene rings is 1. The Bertz CT molecular complexity index is 745. The number of ether oxygens (including phenoxy) is 1. The second-order valence-corrected chi connectivity index (χ2v) is 7.17. The number of anilines is 1. The van der Waals surface area contributed by atoms with E-state index in [1.165, 1.54) is 17.0 Å². The molecule has 1 aromatic rings. The topological polar surface area (TPSA) is 134 Å². The third kappa shape index (κ3) is 4.54. The van der Waals surface area contributed by atoms with E-state index < -0.39 is 12.1 Å². The van der Waals surface area contributed by atoms with Gasteiger partial charge in [-0.1, -0.05) is 11.6 Å². The number of hydrogen-bond donors (Lipinski definition) is 4. The standard InChI is InChI=1S/C17H21ClN4O5/c18-9-1-4-14(13(5-9)21-16(19)24)27-8-15(23)20-10-6-11-2-3-12(7-10)22(11)17(25)26/h1,4-5,10-12H,2-3,6-8H2,(H,20,23)(H,25,26)(H3,19,21,24)/t10?,11-,12+. The summed E-state index contributed by atoms with van der Waals surface area (Å²) < 4.78 is 5.48. The number of primary amides is 1. The lowest BCUT2D eigenvalue weighted by atomic mass is 9.98. The van der Waals surface area contributed by atoms with Crippen LogP contribution in [0.3, 0.4) is 0 Å². The maximum Gasteiger partial charge on any atom is 0.407 e. The van der Waals surface area contributed by atoms with Crippen molar-refractivity contribution in [2.75, 3.05) is 11.9 Å². The molecule has 2 aliphatic rings. The number of carbonyl (C=O) groups excluding carboxylic acids is 2. The van der Waals surface area contributed by atoms with Gasteiger partial charge in [0.05, 0.1) is 5.69 Å². The Kier molecular flexibility index (Phi) is 5.59. The first-order valence-electron chi connectivity index (χ1n) is 8.63. The predicted octanol–water partition coefficient (Wildman–Crippen LogP) is 2.00. The first kappa shape index (κ1) is 19.1. The molecular weight excluding hydrogens is 376 g/mol. The van der Waals surface area contributed by atoms with Gasteiger partial charge in [-0.3, -0.25) is 4.79 Å². The largest absolute Gasteiger partial charge is 0.482 e. The van der Waals surface area contributed by atoms with Crippen molar-refractivity contribution < 1.29 is 24.2 Å². The maximum atomic E-state index is 12.2. The van der Waals surface area contributed by atoms with Gasteiger partial charge >= 0.3 is 12.1 Å². The van der Waals surface area contributed by atoms with Crippen LogP contribution in [0.4, 0.5) is 15.3 Å². The fraction of sp³-hybridized carbons (Fsp3) is 0.471. The summed E-state index contributed by atoms with van der Waals surface area (Å²) in [6, 6.07) is 3.63. The van der Waals surface area contributed by atoms with Gasteiger partial charge in [-0.2, -0.15) is 0 Å². The molecule has 1 unspecified atom stereocenters. The molecule has 0 radical (unpaired) electrons. The van der Waals surface area contributed by atoms with Gasteiger partial charge in [0.25, 0.3) is 5.91 Å². The Morgan fingerprint density at radius 3 is 2.52 bits per heavy atom. The van der Waals surface area contributed by atoms with Gasteiger partial charge in [-0.05, 0) is 43.9 Å². The molecule has 0 aliphatic carbocycles. The number of halogens is 1. The number of piperidine rings is 1. The number of urea groups is 1. The number of amides is 4. The van der Waals surface area contributed by atoms with Crippen molar-refractivity contribution in [3.8, 4) is 5.75 Å². The molecule has 9 nitrogen and oxygen atoms in total. The predicted molar refractivity (Wildman–Crippen MR) is 98.0 cm³/mol. The third-order valence-electron chi connectivity index (χ3n) is 4.88. The molecule has 3 atom stereocenters. The molecule has 27 heavy (non-hydrogen) atoms. The molecule has 0 spiro atoms. The Hall–Kier alpha value is -2.68. The molecule has 2 heterocycles. The van der Waals surface area contributed by atoms with Crippen LogP contribution in [-0.2, 0) is 4.79 Å². The molecule has 2 aliphatic heterocycles. The normalized spacial score (nSPS) is 23.6. The zero-order valence-corrected chi connectivity index (χ0v) is 15.2. The van der Waals surface area contributed by atoms with Gasteiger partial charge in [0.2, 0.25) is 0 Å². The average Bonchev–Trinajstić information content (AvgIpc) is 2.85. The van der Waals surface area contributed by atoms with Gasteiger partial charge in [-0.15, -0.1) is 0 Å². The highest BCUT2D eigenvalue weighted by Gasteiger charge is 2.43. The minimum absolute atomic E-state index is 0.0462. The smallest absolute Gasteiger partial charge is 0.407 e. The van der Waals surface area contributed by atoms with Crippen LogP contribution < -0.4 is 21.1 Å². The van der Waals surface area contributed by atoms with E-state index in [0.29, 0.717) is 17.9 Å². The van der Waals surface area contributed by atoms with Crippen LogP contribution in [0.25, 0.3) is 0 Å². The van der Waals surface area contributed by atoms with Crippen LogP contribution in [0.1, 0.15) is 25.7 Å². The summed E-state index contributed by atoms with van der Waals surface area (Å²) in [7, 11) is 0. The summed E-state index contributed by atoms with van der Waals surface area (Å²) in [4.78, 5) is 36.1. The summed E-state index contributed by atoms with van der Waals surface area (Å²) in [5.74, 6) is -0.0442. The number of fused-ring (bicyclic) bond motifs is 2. The molecule has 0 aromatic heterocycles. The van der Waals surface area contributed by atoms with Crippen molar-refractivity contribution in [3.63, 3.8) is 0 Å². The van der Waals surface area contributed by atoms with Gasteiger partial charge in [0.1, 0.15) is 5.75 Å². The average molecular weight is 397 g/mol. The van der Waals surface area contributed by atoms with E-state index in [0.717, 1.165) is 12.8 Å². The number of nitrogens with zero attached hydrogens (tertiary/aromatic N) is 1. The zero-order chi connectivity index (χ0) is 19.6. The molecular formula is C17H21ClN4O5. The van der Waals surface area contributed by atoms with Crippen LogP contribution in [0, 0.1) is 0 Å². The van der Waals surface area contributed by atoms with Crippen LogP contribution in [-0.4, -0.2) is 52.8 Å². The van der Waals surface area contributed by atoms with Crippen molar-refractivity contribution in [1.82, 2.24) is 10.2 Å². The van der Waals surface area contributed by atoms with E-state index in [2.05, 4.69) is 10.6 Å². The fourth-order valence-electron chi connectivity index (χ4n) is 3.88. The van der Waals surface area contributed by atoms with Gasteiger partial charge < -0.3 is 31.1 Å². The molecule has 3 rings (SSSR count). The molecule has 5 N–H and O–H groups in total. The van der Waals surface area contributed by atoms with Crippen molar-refractivity contribution >= 4 is 35.3 Å². The lowest BCUT2D eigenvalue weighted by molar-refractivity contribution is -0.124. The van der Waals surface area contributed by atoms with Crippen molar-refractivity contribution in [2.45, 2.75) is 43.8 Å². The van der Waals surface area contributed by atoms with E-state index in [9.17, 15) is 19.5 Å². The van der Waals surface area contributed by atoms with Gasteiger partial charge in [-0.25, -0.2) is 9.59 Å². The second-order valence-electron chi connectivity index (χ2n) is 6.73. The minimum Gasteiger partial charge on any atom is -0.482 e. The zero-order valence-electron chi connectivity index (χ0n) is 14.5. The molecule has 4 amide bonds. The molecule has 10 heteroatoms. The first-order chi connectivity index (χ1) is 12.8. The molecule has 2 bridgehead atoms. The lowest BCUT2D eigenvalue weighted by Gasteiger charge is -2.37. The van der Waals surface area contributed by atoms with Crippen LogP contribution in [0.5, 0.6) is 5.75 Å². The van der Waals surface area contributed by atoms with Crippen molar-refractivity contribution in [1.29, 1.82) is 0 Å². The molecule has 2 saturated heterocycles. The second kappa shape index (κ2) is 7.91. The maximum absolute atomic E-state index is 12.2. The minimum atomic E-state index is -0.896. The van der Waals surface area contributed by atoms with E-state index in [1.807, 2.05) is 0 Å². The quantitative estimate of drug-likeness (QED) is 0.603. The number of hydrogen-bond acceptors (Lipinski definition) is 4. The van der Waals surface area contributed by atoms with Crippen LogP contribution >= 0.6 is 11.6 Å². The summed E-state index contributed by atoms with van der Waals surface area (Å²) in [5.41, 5.74) is 5.39. The monoisotopic (exact) mass is 396 g/mol. The van der Waals surface area contributed by atoms with Crippen LogP contribution in [0.15, 0.2) is 18.2 Å². The summed E-state index contributed by atoms with van der Waals surface area (Å²) in [6.45, 7) is -0.246. The molecule has 2 fully saturated rings. The fourth-order valence-corrected chi connectivity index (χ4v) is 4.05. The van der Waals surface area contributed by atoms with E-state index in [-0.39, 0.29) is 42.1 Å². The Morgan fingerprint density at radius 2 is 1.93 bits per heavy atom. The van der Waals surface area contributed by atoms with E-state index in [1.54, 1.807) is 6.07 Å². The summed E-state index contributed by atoms with van der Waals surface area (Å²) >= 11 is 5.89. The first-order valence-corrected chi connectivity index (χ1v) is 9.00. The van der Waals surface area contributed by atoms with Crippen molar-refractivity contribution in [2.24, 2.45) is 5.73 Å². The molecule has 1 aromatic carbocycles. The number of nitrogens with one attached hydrogen (secondary N) is 2. The SMILES string of the molecule is NC(=O)Nc1cc(Cl)ccc1OCC(=O)NC1C[C@H]2CC[C@@H](C1)N2C(=O)O. The number of nitrogens with two attached hydrogens (primary N) is 1. The van der Waals surface area contributed by atoms with E-state index >= 15 is 0 Å². The number of carboxylic acid groups (broad SMARTS) is 1. The molecule has 146 valence electrons. The highest BCUT2D eigenvalue weighted by atomic mass is 35.5.